The summed E-state index contributed by atoms with van der Waals surface area (Å²) in [5.41, 5.74) is 1.29. The van der Waals surface area contributed by atoms with Crippen LogP contribution in [0.25, 0.3) is 0 Å². The number of nitrogens with one attached hydrogen (secondary N) is 1. The first kappa shape index (κ1) is 16.4. The molecule has 2 aromatic rings. The number of aromatic nitrogens is 2. The lowest BCUT2D eigenvalue weighted by atomic mass is 10.3. The number of hydrogen-bond acceptors (Lipinski definition) is 7. The van der Waals surface area contributed by atoms with Gasteiger partial charge in [-0.2, -0.15) is 0 Å². The number of nitrogens with zero attached hydrogens (tertiary/aromatic N) is 3. The van der Waals surface area contributed by atoms with Crippen molar-refractivity contribution < 1.29 is 12.9 Å². The highest BCUT2D eigenvalue weighted by Crippen LogP contribution is 2.24. The van der Waals surface area contributed by atoms with Crippen molar-refractivity contribution in [1.82, 2.24) is 14.9 Å². The Hall–Kier alpha value is -1.45. The number of thiazole rings is 1. The van der Waals surface area contributed by atoms with E-state index in [1.54, 1.807) is 25.2 Å². The maximum Gasteiger partial charge on any atom is 0.245 e. The molecule has 1 N–H and O–H groups in total. The van der Waals surface area contributed by atoms with Crippen molar-refractivity contribution in [3.05, 3.63) is 22.5 Å². The number of anilines is 1. The molecule has 0 spiro atoms. The van der Waals surface area contributed by atoms with Gasteiger partial charge in [0.15, 0.2) is 10.9 Å². The Labute approximate surface area is 139 Å². The topological polar surface area (TPSA) is 88.3 Å². The predicted molar refractivity (Wildman–Crippen MR) is 88.4 cm³/mol. The molecule has 1 aliphatic heterocycles. The second-order valence-electron chi connectivity index (χ2n) is 5.62. The van der Waals surface area contributed by atoms with Gasteiger partial charge in [-0.1, -0.05) is 5.16 Å². The molecular weight excluding hydrogens is 336 g/mol. The molecule has 9 heteroatoms. The number of sulfonamides is 1. The Balaban J connectivity index is 1.59. The van der Waals surface area contributed by atoms with Crippen molar-refractivity contribution in [2.24, 2.45) is 0 Å². The van der Waals surface area contributed by atoms with Crippen LogP contribution in [0.4, 0.5) is 5.13 Å². The van der Waals surface area contributed by atoms with E-state index in [-0.39, 0.29) is 4.90 Å². The van der Waals surface area contributed by atoms with Crippen molar-refractivity contribution in [2.45, 2.75) is 38.0 Å². The molecule has 3 rings (SSSR count). The van der Waals surface area contributed by atoms with Gasteiger partial charge in [0.2, 0.25) is 10.0 Å². The number of rotatable bonds is 6. The molecule has 0 saturated carbocycles. The summed E-state index contributed by atoms with van der Waals surface area (Å²) in [6, 6.07) is 0. The van der Waals surface area contributed by atoms with E-state index in [9.17, 15) is 8.42 Å². The zero-order chi connectivity index (χ0) is 16.4. The molecule has 0 atom stereocenters. The molecule has 2 aromatic heterocycles. The average molecular weight is 356 g/mol. The van der Waals surface area contributed by atoms with Gasteiger partial charge in [0.25, 0.3) is 0 Å². The first-order valence-corrected chi connectivity index (χ1v) is 9.95. The predicted octanol–water partition coefficient (Wildman–Crippen LogP) is 1.87. The van der Waals surface area contributed by atoms with Crippen LogP contribution in [0.3, 0.4) is 0 Å². The summed E-state index contributed by atoms with van der Waals surface area (Å²) >= 11 is 1.62. The number of aryl methyl sites for hydroxylation is 2. The van der Waals surface area contributed by atoms with Crippen LogP contribution in [-0.2, 0) is 16.4 Å². The Morgan fingerprint density at radius 1 is 1.35 bits per heavy atom. The highest BCUT2D eigenvalue weighted by molar-refractivity contribution is 7.89. The molecule has 1 aliphatic rings. The summed E-state index contributed by atoms with van der Waals surface area (Å²) in [7, 11) is -3.60. The van der Waals surface area contributed by atoms with Crippen LogP contribution in [0.5, 0.6) is 0 Å². The summed E-state index contributed by atoms with van der Waals surface area (Å²) < 4.78 is 32.1. The smallest absolute Gasteiger partial charge is 0.245 e. The quantitative estimate of drug-likeness (QED) is 0.850. The second-order valence-corrected chi connectivity index (χ2v) is 8.16. The summed E-state index contributed by atoms with van der Waals surface area (Å²) in [5, 5.41) is 6.72. The lowest BCUT2D eigenvalue weighted by Gasteiger charge is -2.12. The van der Waals surface area contributed by atoms with E-state index in [0.29, 0.717) is 24.4 Å². The molecule has 126 valence electrons. The highest BCUT2D eigenvalue weighted by Gasteiger charge is 2.23. The third-order valence-electron chi connectivity index (χ3n) is 3.83. The molecule has 3 heterocycles. The van der Waals surface area contributed by atoms with Crippen molar-refractivity contribution >= 4 is 26.5 Å². The van der Waals surface area contributed by atoms with E-state index in [4.69, 9.17) is 4.52 Å². The first-order chi connectivity index (χ1) is 11.0. The fraction of sp³-hybridized carbons (Fsp3) is 0.571. The van der Waals surface area contributed by atoms with Crippen molar-refractivity contribution in [2.75, 3.05) is 24.5 Å². The molecular formula is C14H20N4O3S2. The van der Waals surface area contributed by atoms with Gasteiger partial charge in [0, 0.05) is 31.4 Å². The molecule has 0 aromatic carbocycles. The molecule has 1 saturated heterocycles. The summed E-state index contributed by atoms with van der Waals surface area (Å²) in [6.07, 6.45) is 2.99. The van der Waals surface area contributed by atoms with Gasteiger partial charge in [0.05, 0.1) is 5.69 Å². The minimum absolute atomic E-state index is 0.133. The van der Waals surface area contributed by atoms with Gasteiger partial charge in [-0.3, -0.25) is 0 Å². The standard InChI is InChI=1S/C14H20N4O3S2/c1-10-13(11(2)21-17-10)23(19,20)15-6-5-12-9-22-14(16-12)18-7-3-4-8-18/h9,15H,3-8H2,1-2H3. The third-order valence-corrected chi connectivity index (χ3v) is 6.48. The summed E-state index contributed by atoms with van der Waals surface area (Å²) in [6.45, 7) is 5.64. The molecule has 0 bridgehead atoms. The number of hydrogen-bond donors (Lipinski definition) is 1. The monoisotopic (exact) mass is 356 g/mol. The van der Waals surface area contributed by atoms with Crippen LogP contribution in [0.15, 0.2) is 14.8 Å². The lowest BCUT2D eigenvalue weighted by Crippen LogP contribution is -2.27. The van der Waals surface area contributed by atoms with Gasteiger partial charge >= 0.3 is 0 Å². The van der Waals surface area contributed by atoms with Gasteiger partial charge in [-0.25, -0.2) is 18.1 Å². The normalized spacial score (nSPS) is 15.5. The van der Waals surface area contributed by atoms with E-state index >= 15 is 0 Å². The fourth-order valence-electron chi connectivity index (χ4n) is 2.71. The Bertz CT molecular complexity index is 756. The SMILES string of the molecule is Cc1noc(C)c1S(=O)(=O)NCCc1csc(N2CCCC2)n1. The second kappa shape index (κ2) is 6.58. The lowest BCUT2D eigenvalue weighted by molar-refractivity contribution is 0.390. The maximum absolute atomic E-state index is 12.3. The zero-order valence-corrected chi connectivity index (χ0v) is 14.8. The van der Waals surface area contributed by atoms with E-state index < -0.39 is 10.0 Å². The van der Waals surface area contributed by atoms with E-state index in [0.717, 1.165) is 23.9 Å². The maximum atomic E-state index is 12.3. The van der Waals surface area contributed by atoms with Crippen LogP contribution < -0.4 is 9.62 Å². The van der Waals surface area contributed by atoms with Crippen LogP contribution in [-0.4, -0.2) is 38.2 Å². The van der Waals surface area contributed by atoms with E-state index in [2.05, 4.69) is 19.8 Å². The van der Waals surface area contributed by atoms with Crippen molar-refractivity contribution in [3.8, 4) is 0 Å². The molecule has 0 aliphatic carbocycles. The van der Waals surface area contributed by atoms with Crippen molar-refractivity contribution in [1.29, 1.82) is 0 Å². The largest absolute Gasteiger partial charge is 0.360 e. The van der Waals surface area contributed by atoms with E-state index in [1.807, 2.05) is 5.38 Å². The minimum atomic E-state index is -3.60. The molecule has 0 unspecified atom stereocenters. The minimum Gasteiger partial charge on any atom is -0.360 e. The average Bonchev–Trinajstić information content (AvgIpc) is 3.19. The molecule has 23 heavy (non-hydrogen) atoms. The zero-order valence-electron chi connectivity index (χ0n) is 13.2. The van der Waals surface area contributed by atoms with Crippen LogP contribution in [0, 0.1) is 13.8 Å². The molecule has 1 fully saturated rings. The third kappa shape index (κ3) is 3.56. The Kier molecular flexibility index (Phi) is 4.69. The van der Waals surface area contributed by atoms with Crippen molar-refractivity contribution in [3.63, 3.8) is 0 Å². The van der Waals surface area contributed by atoms with Gasteiger partial charge < -0.3 is 9.42 Å². The summed E-state index contributed by atoms with van der Waals surface area (Å²) in [4.78, 5) is 7.00. The first-order valence-electron chi connectivity index (χ1n) is 7.59. The Morgan fingerprint density at radius 3 is 2.74 bits per heavy atom. The van der Waals surface area contributed by atoms with E-state index in [1.165, 1.54) is 12.8 Å². The fourth-order valence-corrected chi connectivity index (χ4v) is 4.98. The highest BCUT2D eigenvalue weighted by atomic mass is 32.2. The molecule has 0 radical (unpaired) electrons. The van der Waals surface area contributed by atoms with Crippen LogP contribution in [0.2, 0.25) is 0 Å². The van der Waals surface area contributed by atoms with Crippen LogP contribution >= 0.6 is 11.3 Å². The molecule has 0 amide bonds. The summed E-state index contributed by atoms with van der Waals surface area (Å²) in [5.74, 6) is 0.306. The Morgan fingerprint density at radius 2 is 2.09 bits per heavy atom. The van der Waals surface area contributed by atoms with Crippen LogP contribution in [0.1, 0.15) is 30.0 Å². The molecule has 7 nitrogen and oxygen atoms in total. The van der Waals surface area contributed by atoms with Gasteiger partial charge in [-0.15, -0.1) is 11.3 Å². The van der Waals surface area contributed by atoms with Gasteiger partial charge in [-0.05, 0) is 26.7 Å². The van der Waals surface area contributed by atoms with Gasteiger partial charge in [0.1, 0.15) is 10.6 Å².